The molecular weight excluding hydrogens is 327 g/mol. The van der Waals surface area contributed by atoms with Gasteiger partial charge in [0.2, 0.25) is 0 Å². The van der Waals surface area contributed by atoms with Crippen LogP contribution in [0.15, 0.2) is 35.5 Å². The number of halogens is 1. The molecule has 1 heterocycles. The van der Waals surface area contributed by atoms with Crippen molar-refractivity contribution in [2.45, 2.75) is 32.9 Å². The fraction of sp³-hybridized carbons (Fsp3) is 0.412. The van der Waals surface area contributed by atoms with Gasteiger partial charge in [-0.1, -0.05) is 25.1 Å². The maximum absolute atomic E-state index is 13.7. The van der Waals surface area contributed by atoms with Gasteiger partial charge in [0.1, 0.15) is 10.8 Å². The molecule has 0 aliphatic heterocycles. The average Bonchev–Trinajstić information content (AvgIpc) is 3.05. The van der Waals surface area contributed by atoms with Crippen molar-refractivity contribution < 1.29 is 9.50 Å². The minimum Gasteiger partial charge on any atom is -0.386 e. The van der Waals surface area contributed by atoms with Crippen LogP contribution in [0, 0.1) is 5.82 Å². The Bertz CT molecular complexity index is 674. The van der Waals surface area contributed by atoms with Gasteiger partial charge >= 0.3 is 0 Å². The number of thiazole rings is 1. The number of hydrogen-bond acceptors (Lipinski definition) is 4. The summed E-state index contributed by atoms with van der Waals surface area (Å²) in [6, 6.07) is 6.22. The van der Waals surface area contributed by atoms with Crippen molar-refractivity contribution in [2.24, 2.45) is 4.99 Å². The molecule has 7 heteroatoms. The minimum atomic E-state index is -0.943. The van der Waals surface area contributed by atoms with Crippen LogP contribution in [0.1, 0.15) is 35.4 Å². The van der Waals surface area contributed by atoms with Gasteiger partial charge in [-0.3, -0.25) is 0 Å². The molecule has 1 aromatic heterocycles. The maximum Gasteiger partial charge on any atom is 0.191 e. The van der Waals surface area contributed by atoms with Gasteiger partial charge in [0, 0.05) is 29.7 Å². The number of benzene rings is 1. The average molecular weight is 350 g/mol. The molecular formula is C17H23FN4OS. The van der Waals surface area contributed by atoms with E-state index in [0.29, 0.717) is 19.0 Å². The molecule has 1 unspecified atom stereocenters. The summed E-state index contributed by atoms with van der Waals surface area (Å²) in [6.45, 7) is 5.39. The van der Waals surface area contributed by atoms with Crippen molar-refractivity contribution in [2.75, 3.05) is 13.1 Å². The molecule has 5 nitrogen and oxygen atoms in total. The number of aromatic nitrogens is 1. The Kier molecular flexibility index (Phi) is 7.14. The summed E-state index contributed by atoms with van der Waals surface area (Å²) in [7, 11) is 0. The molecule has 3 N–H and O–H groups in total. The summed E-state index contributed by atoms with van der Waals surface area (Å²) in [5, 5.41) is 17.2. The van der Waals surface area contributed by atoms with E-state index in [-0.39, 0.29) is 12.1 Å². The van der Waals surface area contributed by atoms with Crippen LogP contribution in [0.3, 0.4) is 0 Å². The van der Waals surface area contributed by atoms with Crippen LogP contribution in [0.5, 0.6) is 0 Å². The standard InChI is InChI=1S/C17H23FN4OS/c1-3-12-9-20-16(24-12)11-22-17(19-4-2)21-10-15(23)13-7-5-6-8-14(13)18/h5-9,15,23H,3-4,10-11H2,1-2H3,(H2,19,21,22). The molecule has 0 saturated carbocycles. The number of nitrogens with zero attached hydrogens (tertiary/aromatic N) is 2. The summed E-state index contributed by atoms with van der Waals surface area (Å²) < 4.78 is 13.7. The van der Waals surface area contributed by atoms with E-state index in [4.69, 9.17) is 0 Å². The third kappa shape index (κ3) is 5.28. The van der Waals surface area contributed by atoms with Crippen LogP contribution in [0.2, 0.25) is 0 Å². The first kappa shape index (κ1) is 18.4. The van der Waals surface area contributed by atoms with Crippen LogP contribution in [0.25, 0.3) is 0 Å². The third-order valence-corrected chi connectivity index (χ3v) is 4.52. The van der Waals surface area contributed by atoms with Crippen molar-refractivity contribution in [3.63, 3.8) is 0 Å². The van der Waals surface area contributed by atoms with Gasteiger partial charge in [-0.25, -0.2) is 14.4 Å². The van der Waals surface area contributed by atoms with Gasteiger partial charge in [0.05, 0.1) is 12.6 Å². The molecule has 0 bridgehead atoms. The Labute approximate surface area is 145 Å². The number of rotatable bonds is 7. The molecule has 0 saturated heterocycles. The molecule has 0 aliphatic rings. The van der Waals surface area contributed by atoms with E-state index in [1.165, 1.54) is 10.9 Å². The van der Waals surface area contributed by atoms with Gasteiger partial charge < -0.3 is 15.7 Å². The Morgan fingerprint density at radius 2 is 2.12 bits per heavy atom. The Morgan fingerprint density at radius 1 is 1.33 bits per heavy atom. The normalized spacial score (nSPS) is 12.9. The van der Waals surface area contributed by atoms with Gasteiger partial charge in [-0.05, 0) is 19.4 Å². The predicted octanol–water partition coefficient (Wildman–Crippen LogP) is 2.63. The topological polar surface area (TPSA) is 69.5 Å². The zero-order valence-electron chi connectivity index (χ0n) is 13.9. The Hall–Kier alpha value is -1.99. The highest BCUT2D eigenvalue weighted by Crippen LogP contribution is 2.16. The lowest BCUT2D eigenvalue weighted by Gasteiger charge is -2.15. The zero-order valence-corrected chi connectivity index (χ0v) is 14.7. The fourth-order valence-electron chi connectivity index (χ4n) is 2.12. The van der Waals surface area contributed by atoms with Crippen molar-refractivity contribution in [3.05, 3.63) is 51.7 Å². The summed E-state index contributed by atoms with van der Waals surface area (Å²) >= 11 is 1.64. The van der Waals surface area contributed by atoms with E-state index in [0.717, 1.165) is 11.4 Å². The molecule has 1 atom stereocenters. The largest absolute Gasteiger partial charge is 0.386 e. The van der Waals surface area contributed by atoms with Crippen LogP contribution >= 0.6 is 11.3 Å². The van der Waals surface area contributed by atoms with E-state index in [1.807, 2.05) is 13.1 Å². The van der Waals surface area contributed by atoms with Crippen LogP contribution in [-0.2, 0) is 13.0 Å². The number of aliphatic hydroxyl groups is 1. The quantitative estimate of drug-likeness (QED) is 0.530. The Balaban J connectivity index is 1.95. The first-order valence-corrected chi connectivity index (χ1v) is 8.83. The summed E-state index contributed by atoms with van der Waals surface area (Å²) in [5.74, 6) is 0.157. The van der Waals surface area contributed by atoms with Crippen LogP contribution < -0.4 is 10.6 Å². The molecule has 2 rings (SSSR count). The molecule has 0 amide bonds. The van der Waals surface area contributed by atoms with Gasteiger partial charge in [-0.2, -0.15) is 0 Å². The molecule has 0 spiro atoms. The number of aryl methyl sites for hydroxylation is 1. The molecule has 24 heavy (non-hydrogen) atoms. The number of guanidine groups is 1. The molecule has 0 fully saturated rings. The highest BCUT2D eigenvalue weighted by Gasteiger charge is 2.12. The maximum atomic E-state index is 13.7. The second-order valence-electron chi connectivity index (χ2n) is 5.19. The summed E-state index contributed by atoms with van der Waals surface area (Å²) in [4.78, 5) is 10.0. The number of aliphatic imine (C=N–C) groups is 1. The molecule has 0 aliphatic carbocycles. The number of hydrogen-bond donors (Lipinski definition) is 3. The van der Waals surface area contributed by atoms with Gasteiger partial charge in [0.15, 0.2) is 5.96 Å². The lowest BCUT2D eigenvalue weighted by molar-refractivity contribution is 0.176. The van der Waals surface area contributed by atoms with Crippen molar-refractivity contribution in [1.29, 1.82) is 0 Å². The third-order valence-electron chi connectivity index (χ3n) is 3.39. The van der Waals surface area contributed by atoms with Crippen LogP contribution in [0.4, 0.5) is 4.39 Å². The first-order chi connectivity index (χ1) is 11.6. The van der Waals surface area contributed by atoms with Crippen molar-refractivity contribution in [3.8, 4) is 0 Å². The molecule has 2 aromatic rings. The summed E-state index contributed by atoms with van der Waals surface area (Å²) in [6.07, 6.45) is 1.90. The van der Waals surface area contributed by atoms with Crippen molar-refractivity contribution >= 4 is 17.3 Å². The molecule has 0 radical (unpaired) electrons. The van der Waals surface area contributed by atoms with E-state index in [9.17, 15) is 9.50 Å². The number of nitrogens with one attached hydrogen (secondary N) is 2. The van der Waals surface area contributed by atoms with E-state index in [2.05, 4.69) is 27.5 Å². The first-order valence-electron chi connectivity index (χ1n) is 8.02. The van der Waals surface area contributed by atoms with Crippen LogP contribution in [-0.4, -0.2) is 29.1 Å². The van der Waals surface area contributed by atoms with E-state index in [1.54, 1.807) is 29.5 Å². The smallest absolute Gasteiger partial charge is 0.191 e. The highest BCUT2D eigenvalue weighted by atomic mass is 32.1. The fourth-order valence-corrected chi connectivity index (χ4v) is 2.91. The predicted molar refractivity (Wildman–Crippen MR) is 95.7 cm³/mol. The second-order valence-corrected chi connectivity index (χ2v) is 6.39. The van der Waals surface area contributed by atoms with E-state index < -0.39 is 11.9 Å². The van der Waals surface area contributed by atoms with E-state index >= 15 is 0 Å². The molecule has 130 valence electrons. The minimum absolute atomic E-state index is 0.171. The SMILES string of the molecule is CCNC(=NCc1ncc(CC)s1)NCC(O)c1ccccc1F. The van der Waals surface area contributed by atoms with Gasteiger partial charge in [-0.15, -0.1) is 11.3 Å². The highest BCUT2D eigenvalue weighted by molar-refractivity contribution is 7.11. The Morgan fingerprint density at radius 3 is 2.79 bits per heavy atom. The monoisotopic (exact) mass is 350 g/mol. The second kappa shape index (κ2) is 9.34. The summed E-state index contributed by atoms with van der Waals surface area (Å²) in [5.41, 5.74) is 0.272. The zero-order chi connectivity index (χ0) is 17.4. The lowest BCUT2D eigenvalue weighted by atomic mass is 10.1. The van der Waals surface area contributed by atoms with Gasteiger partial charge in [0.25, 0.3) is 0 Å². The lowest BCUT2D eigenvalue weighted by Crippen LogP contribution is -2.39. The number of aliphatic hydroxyl groups excluding tert-OH is 1. The molecule has 1 aromatic carbocycles. The van der Waals surface area contributed by atoms with Crippen molar-refractivity contribution in [1.82, 2.24) is 15.6 Å².